The van der Waals surface area contributed by atoms with Crippen molar-refractivity contribution in [2.24, 2.45) is 5.92 Å². The van der Waals surface area contributed by atoms with Crippen molar-refractivity contribution in [1.29, 1.82) is 0 Å². The number of hydrogen-bond acceptors (Lipinski definition) is 2. The minimum absolute atomic E-state index is 0.431. The second-order valence-corrected chi connectivity index (χ2v) is 7.30. The molecule has 1 spiro atoms. The fourth-order valence-corrected chi connectivity index (χ4v) is 4.21. The summed E-state index contributed by atoms with van der Waals surface area (Å²) >= 11 is 0. The number of hydrogen-bond donors (Lipinski definition) is 1. The van der Waals surface area contributed by atoms with Crippen molar-refractivity contribution in [1.82, 2.24) is 14.9 Å². The Morgan fingerprint density at radius 1 is 1.35 bits per heavy atom. The van der Waals surface area contributed by atoms with E-state index < -0.39 is 0 Å². The summed E-state index contributed by atoms with van der Waals surface area (Å²) in [6.45, 7) is 5.76. The van der Waals surface area contributed by atoms with Gasteiger partial charge in [0.15, 0.2) is 0 Å². The first-order chi connectivity index (χ1) is 9.69. The van der Waals surface area contributed by atoms with E-state index in [2.05, 4.69) is 41.2 Å². The third kappa shape index (κ3) is 2.93. The largest absolute Gasteiger partial charge is 0.331 e. The van der Waals surface area contributed by atoms with Crippen LogP contribution in [0.15, 0.2) is 12.5 Å². The lowest BCUT2D eigenvalue weighted by atomic mass is 9.75. The van der Waals surface area contributed by atoms with Crippen LogP contribution >= 0.6 is 0 Å². The van der Waals surface area contributed by atoms with Gasteiger partial charge in [-0.3, -0.25) is 0 Å². The third-order valence-electron chi connectivity index (χ3n) is 5.17. The quantitative estimate of drug-likeness (QED) is 0.911. The molecule has 1 aromatic rings. The smallest absolute Gasteiger partial charge is 0.0950 e. The SMILES string of the molecule is CC(C)Cc1cncn1C1CCNC2(CCCCC2)C1. The van der Waals surface area contributed by atoms with Gasteiger partial charge in [-0.05, 0) is 44.6 Å². The van der Waals surface area contributed by atoms with E-state index in [1.807, 2.05) is 0 Å². The van der Waals surface area contributed by atoms with Crippen molar-refractivity contribution in [3.05, 3.63) is 18.2 Å². The molecule has 2 fully saturated rings. The standard InChI is InChI=1S/C17H29N3/c1-14(2)10-16-12-18-13-20(16)15-6-9-19-17(11-15)7-4-3-5-8-17/h12-15,19H,3-11H2,1-2H3. The lowest BCUT2D eigenvalue weighted by molar-refractivity contribution is 0.145. The van der Waals surface area contributed by atoms with Gasteiger partial charge in [-0.25, -0.2) is 4.98 Å². The summed E-state index contributed by atoms with van der Waals surface area (Å²) in [5.74, 6) is 0.704. The van der Waals surface area contributed by atoms with E-state index in [1.165, 1.54) is 57.2 Å². The molecule has 20 heavy (non-hydrogen) atoms. The van der Waals surface area contributed by atoms with Crippen LogP contribution in [0.1, 0.15) is 70.5 Å². The average Bonchev–Trinajstić information content (AvgIpc) is 2.87. The van der Waals surface area contributed by atoms with Crippen LogP contribution in [-0.4, -0.2) is 21.6 Å². The van der Waals surface area contributed by atoms with E-state index in [9.17, 15) is 0 Å². The normalized spacial score (nSPS) is 26.2. The molecule has 0 aromatic carbocycles. The summed E-state index contributed by atoms with van der Waals surface area (Å²) < 4.78 is 2.48. The maximum atomic E-state index is 4.43. The average molecular weight is 275 g/mol. The van der Waals surface area contributed by atoms with Crippen molar-refractivity contribution < 1.29 is 0 Å². The number of nitrogens with zero attached hydrogens (tertiary/aromatic N) is 2. The molecule has 1 atom stereocenters. The molecular weight excluding hydrogens is 246 g/mol. The highest BCUT2D eigenvalue weighted by molar-refractivity contribution is 5.05. The molecule has 3 heteroatoms. The van der Waals surface area contributed by atoms with Crippen LogP contribution in [0.3, 0.4) is 0 Å². The molecule has 0 amide bonds. The van der Waals surface area contributed by atoms with Crippen LogP contribution in [0.5, 0.6) is 0 Å². The van der Waals surface area contributed by atoms with Gasteiger partial charge in [0.05, 0.1) is 6.33 Å². The van der Waals surface area contributed by atoms with Crippen molar-refractivity contribution in [3.8, 4) is 0 Å². The van der Waals surface area contributed by atoms with Crippen LogP contribution in [0, 0.1) is 5.92 Å². The molecule has 1 aromatic heterocycles. The van der Waals surface area contributed by atoms with Gasteiger partial charge < -0.3 is 9.88 Å². The van der Waals surface area contributed by atoms with Gasteiger partial charge in [-0.2, -0.15) is 0 Å². The number of aromatic nitrogens is 2. The monoisotopic (exact) mass is 275 g/mol. The molecule has 2 aliphatic rings. The predicted octanol–water partition coefficient (Wildman–Crippen LogP) is 3.71. The number of piperidine rings is 1. The van der Waals surface area contributed by atoms with Gasteiger partial charge in [-0.1, -0.05) is 33.1 Å². The Kier molecular flexibility index (Phi) is 4.16. The Morgan fingerprint density at radius 3 is 2.90 bits per heavy atom. The Labute approximate surface area is 123 Å². The fourth-order valence-electron chi connectivity index (χ4n) is 4.21. The summed E-state index contributed by atoms with van der Waals surface area (Å²) in [6, 6.07) is 0.658. The highest BCUT2D eigenvalue weighted by Gasteiger charge is 2.37. The summed E-state index contributed by atoms with van der Waals surface area (Å²) in [7, 11) is 0. The summed E-state index contributed by atoms with van der Waals surface area (Å²) in [6.07, 6.45) is 14.8. The molecule has 112 valence electrons. The second kappa shape index (κ2) is 5.88. The molecule has 1 saturated heterocycles. The van der Waals surface area contributed by atoms with Crippen LogP contribution in [0.2, 0.25) is 0 Å². The zero-order valence-electron chi connectivity index (χ0n) is 13.1. The summed E-state index contributed by atoms with van der Waals surface area (Å²) in [5, 5.41) is 3.85. The molecule has 3 nitrogen and oxygen atoms in total. The predicted molar refractivity (Wildman–Crippen MR) is 82.9 cm³/mol. The molecular formula is C17H29N3. The Bertz CT molecular complexity index is 424. The van der Waals surface area contributed by atoms with Crippen molar-refractivity contribution in [2.45, 2.75) is 76.8 Å². The Morgan fingerprint density at radius 2 is 2.15 bits per heavy atom. The third-order valence-corrected chi connectivity index (χ3v) is 5.17. The first-order valence-electron chi connectivity index (χ1n) is 8.44. The molecule has 1 saturated carbocycles. The second-order valence-electron chi connectivity index (χ2n) is 7.30. The first kappa shape index (κ1) is 14.1. The van der Waals surface area contributed by atoms with Crippen molar-refractivity contribution in [2.75, 3.05) is 6.54 Å². The molecule has 1 aliphatic carbocycles. The Balaban J connectivity index is 1.75. The zero-order chi connectivity index (χ0) is 14.0. The van der Waals surface area contributed by atoms with Gasteiger partial charge >= 0.3 is 0 Å². The van der Waals surface area contributed by atoms with Crippen LogP contribution in [0.25, 0.3) is 0 Å². The van der Waals surface area contributed by atoms with E-state index >= 15 is 0 Å². The van der Waals surface area contributed by atoms with Gasteiger partial charge in [0.25, 0.3) is 0 Å². The molecule has 0 bridgehead atoms. The fraction of sp³-hybridized carbons (Fsp3) is 0.824. The van der Waals surface area contributed by atoms with Gasteiger partial charge in [0, 0.05) is 23.5 Å². The molecule has 1 aliphatic heterocycles. The minimum Gasteiger partial charge on any atom is -0.331 e. The summed E-state index contributed by atoms with van der Waals surface area (Å²) in [5.41, 5.74) is 1.86. The van der Waals surface area contributed by atoms with E-state index in [0.29, 0.717) is 17.5 Å². The first-order valence-corrected chi connectivity index (χ1v) is 8.44. The highest BCUT2D eigenvalue weighted by atomic mass is 15.1. The topological polar surface area (TPSA) is 29.9 Å². The van der Waals surface area contributed by atoms with Crippen LogP contribution in [-0.2, 0) is 6.42 Å². The lowest BCUT2D eigenvalue weighted by Gasteiger charge is -2.45. The van der Waals surface area contributed by atoms with E-state index in [0.717, 1.165) is 6.42 Å². The number of rotatable bonds is 3. The van der Waals surface area contributed by atoms with Gasteiger partial charge in [-0.15, -0.1) is 0 Å². The van der Waals surface area contributed by atoms with Crippen molar-refractivity contribution >= 4 is 0 Å². The van der Waals surface area contributed by atoms with E-state index in [4.69, 9.17) is 0 Å². The lowest BCUT2D eigenvalue weighted by Crippen LogP contribution is -2.52. The number of imidazole rings is 1. The van der Waals surface area contributed by atoms with Crippen LogP contribution < -0.4 is 5.32 Å². The molecule has 0 radical (unpaired) electrons. The zero-order valence-corrected chi connectivity index (χ0v) is 13.1. The van der Waals surface area contributed by atoms with E-state index in [1.54, 1.807) is 0 Å². The Hall–Kier alpha value is -0.830. The highest BCUT2D eigenvalue weighted by Crippen LogP contribution is 2.39. The van der Waals surface area contributed by atoms with Gasteiger partial charge in [0.1, 0.15) is 0 Å². The van der Waals surface area contributed by atoms with Gasteiger partial charge in [0.2, 0.25) is 0 Å². The van der Waals surface area contributed by atoms with Crippen molar-refractivity contribution in [3.63, 3.8) is 0 Å². The maximum absolute atomic E-state index is 4.43. The molecule has 3 rings (SSSR count). The number of nitrogens with one attached hydrogen (secondary N) is 1. The molecule has 2 heterocycles. The van der Waals surface area contributed by atoms with E-state index in [-0.39, 0.29) is 0 Å². The van der Waals surface area contributed by atoms with Crippen LogP contribution in [0.4, 0.5) is 0 Å². The molecule has 1 N–H and O–H groups in total. The summed E-state index contributed by atoms with van der Waals surface area (Å²) in [4.78, 5) is 4.43. The minimum atomic E-state index is 0.431. The molecule has 1 unspecified atom stereocenters. The maximum Gasteiger partial charge on any atom is 0.0950 e.